The molecule has 0 heterocycles. The maximum absolute atomic E-state index is 12.1. The lowest BCUT2D eigenvalue weighted by Gasteiger charge is -2.41. The number of aliphatic hydroxyl groups excluding tert-OH is 1. The third kappa shape index (κ3) is 3.48. The molecule has 1 fully saturated rings. The number of rotatable bonds is 2. The number of alkyl halides is 4. The molecule has 0 bridgehead atoms. The molecule has 1 aliphatic carbocycles. The Bertz CT molecular complexity index is 454. The fourth-order valence-electron chi connectivity index (χ4n) is 1.99. The standard InChI is InChI=1S/C13H12Br4O3/c14-7-8(15)10(17)12(11(18)9(7)16)20-13(19)6-4-2-1-3-5-6/h1-5,7-12,18H/t7-,8+,9+,10-,11-,12+/m1/s1. The third-order valence-corrected chi connectivity index (χ3v) is 9.75. The van der Waals surface area contributed by atoms with Crippen molar-refractivity contribution >= 4 is 69.7 Å². The van der Waals surface area contributed by atoms with Crippen molar-refractivity contribution in [2.45, 2.75) is 31.5 Å². The van der Waals surface area contributed by atoms with E-state index in [9.17, 15) is 9.90 Å². The zero-order valence-corrected chi connectivity index (χ0v) is 16.5. The lowest BCUT2D eigenvalue weighted by Crippen LogP contribution is -2.57. The molecule has 1 saturated carbocycles. The maximum Gasteiger partial charge on any atom is 0.338 e. The van der Waals surface area contributed by atoms with Crippen LogP contribution in [0.2, 0.25) is 0 Å². The first-order valence-corrected chi connectivity index (χ1v) is 9.60. The largest absolute Gasteiger partial charge is 0.455 e. The van der Waals surface area contributed by atoms with Crippen LogP contribution in [0.1, 0.15) is 10.4 Å². The van der Waals surface area contributed by atoms with Gasteiger partial charge in [-0.25, -0.2) is 4.79 Å². The van der Waals surface area contributed by atoms with Crippen LogP contribution in [0.15, 0.2) is 30.3 Å². The quantitative estimate of drug-likeness (QED) is 0.465. The zero-order chi connectivity index (χ0) is 14.9. The maximum atomic E-state index is 12.1. The van der Waals surface area contributed by atoms with Gasteiger partial charge < -0.3 is 9.84 Å². The predicted molar refractivity (Wildman–Crippen MR) is 92.5 cm³/mol. The molecule has 6 atom stereocenters. The SMILES string of the molecule is O=C(O[C@@H]1[C@H](O)[C@@H](Br)[C@H](Br)[C@H](Br)[C@H]1Br)c1ccccc1. The van der Waals surface area contributed by atoms with Crippen molar-refractivity contribution < 1.29 is 14.6 Å². The molecule has 0 aromatic heterocycles. The van der Waals surface area contributed by atoms with Crippen molar-refractivity contribution in [3.05, 3.63) is 35.9 Å². The van der Waals surface area contributed by atoms with Crippen molar-refractivity contribution in [3.63, 3.8) is 0 Å². The van der Waals surface area contributed by atoms with E-state index in [0.29, 0.717) is 5.56 Å². The van der Waals surface area contributed by atoms with Crippen LogP contribution in [0.3, 0.4) is 0 Å². The highest BCUT2D eigenvalue weighted by atomic mass is 79.9. The second-order valence-electron chi connectivity index (χ2n) is 4.50. The summed E-state index contributed by atoms with van der Waals surface area (Å²) < 4.78 is 5.47. The van der Waals surface area contributed by atoms with E-state index >= 15 is 0 Å². The number of halogens is 4. The highest BCUT2D eigenvalue weighted by Gasteiger charge is 2.48. The van der Waals surface area contributed by atoms with Gasteiger partial charge in [0.2, 0.25) is 0 Å². The molecule has 0 radical (unpaired) electrons. The Hall–Kier alpha value is 0.570. The molecule has 0 aliphatic heterocycles. The van der Waals surface area contributed by atoms with Gasteiger partial charge in [0.25, 0.3) is 0 Å². The van der Waals surface area contributed by atoms with Crippen molar-refractivity contribution in [2.24, 2.45) is 0 Å². The van der Waals surface area contributed by atoms with Crippen LogP contribution < -0.4 is 0 Å². The zero-order valence-electron chi connectivity index (χ0n) is 10.1. The number of benzene rings is 1. The molecule has 0 amide bonds. The van der Waals surface area contributed by atoms with E-state index in [1.165, 1.54) is 0 Å². The first-order chi connectivity index (χ1) is 9.43. The van der Waals surface area contributed by atoms with Crippen LogP contribution in [0.4, 0.5) is 0 Å². The lowest BCUT2D eigenvalue weighted by atomic mass is 9.94. The molecule has 3 nitrogen and oxygen atoms in total. The van der Waals surface area contributed by atoms with Crippen LogP contribution >= 0.6 is 63.7 Å². The molecule has 1 aliphatic rings. The summed E-state index contributed by atoms with van der Waals surface area (Å²) >= 11 is 14.0. The van der Waals surface area contributed by atoms with Gasteiger partial charge in [-0.2, -0.15) is 0 Å². The molecule has 7 heteroatoms. The van der Waals surface area contributed by atoms with Gasteiger partial charge in [-0.15, -0.1) is 0 Å². The minimum atomic E-state index is -0.801. The number of esters is 1. The van der Waals surface area contributed by atoms with E-state index in [0.717, 1.165) is 0 Å². The monoisotopic (exact) mass is 532 g/mol. The molecule has 110 valence electrons. The van der Waals surface area contributed by atoms with E-state index in [2.05, 4.69) is 63.7 Å². The predicted octanol–water partition coefficient (Wildman–Crippen LogP) is 3.64. The van der Waals surface area contributed by atoms with Gasteiger partial charge in [0.15, 0.2) is 0 Å². The summed E-state index contributed by atoms with van der Waals surface area (Å²) in [6.45, 7) is 0. The van der Waals surface area contributed by atoms with Crippen LogP contribution in [0.5, 0.6) is 0 Å². The molecule has 1 N–H and O–H groups in total. The average molecular weight is 536 g/mol. The molecule has 1 aromatic rings. The number of hydrogen-bond acceptors (Lipinski definition) is 3. The van der Waals surface area contributed by atoms with Gasteiger partial charge in [0.1, 0.15) is 12.2 Å². The Balaban J connectivity index is 2.13. The van der Waals surface area contributed by atoms with Gasteiger partial charge in [-0.05, 0) is 12.1 Å². The van der Waals surface area contributed by atoms with Crippen molar-refractivity contribution in [1.29, 1.82) is 0 Å². The van der Waals surface area contributed by atoms with Gasteiger partial charge in [0.05, 0.1) is 15.2 Å². The number of hydrogen-bond donors (Lipinski definition) is 1. The minimum absolute atomic E-state index is 0.0175. The van der Waals surface area contributed by atoms with E-state index in [1.807, 2.05) is 6.07 Å². The Labute approximate surface area is 151 Å². The third-order valence-electron chi connectivity index (χ3n) is 3.14. The number of ether oxygens (including phenoxy) is 1. The summed E-state index contributed by atoms with van der Waals surface area (Å²) in [4.78, 5) is 11.7. The van der Waals surface area contributed by atoms with E-state index < -0.39 is 18.2 Å². The molecule has 2 rings (SSSR count). The summed E-state index contributed by atoms with van der Waals surface area (Å²) in [6, 6.07) is 8.75. The van der Waals surface area contributed by atoms with Crippen molar-refractivity contribution in [3.8, 4) is 0 Å². The fraction of sp³-hybridized carbons (Fsp3) is 0.462. The first kappa shape index (κ1) is 16.9. The smallest absolute Gasteiger partial charge is 0.338 e. The average Bonchev–Trinajstić information content (AvgIpc) is 2.48. The molecule has 1 aromatic carbocycles. The Morgan fingerprint density at radius 3 is 2.10 bits per heavy atom. The highest BCUT2D eigenvalue weighted by Crippen LogP contribution is 2.40. The van der Waals surface area contributed by atoms with Gasteiger partial charge >= 0.3 is 5.97 Å². The second-order valence-corrected chi connectivity index (χ2v) is 8.73. The number of carbonyl (C=O) groups is 1. The first-order valence-electron chi connectivity index (χ1n) is 5.94. The van der Waals surface area contributed by atoms with E-state index in [4.69, 9.17) is 4.74 Å². The van der Waals surface area contributed by atoms with Gasteiger partial charge in [-0.1, -0.05) is 81.9 Å². The Morgan fingerprint density at radius 1 is 0.950 bits per heavy atom. The van der Waals surface area contributed by atoms with Crippen LogP contribution in [-0.4, -0.2) is 42.6 Å². The summed E-state index contributed by atoms with van der Waals surface area (Å²) in [7, 11) is 0. The Morgan fingerprint density at radius 2 is 1.50 bits per heavy atom. The van der Waals surface area contributed by atoms with Crippen LogP contribution in [0.25, 0.3) is 0 Å². The highest BCUT2D eigenvalue weighted by molar-refractivity contribution is 9.14. The number of carbonyl (C=O) groups excluding carboxylic acids is 1. The summed E-state index contributed by atoms with van der Waals surface area (Å²) in [5.74, 6) is -0.438. The van der Waals surface area contributed by atoms with E-state index in [-0.39, 0.29) is 19.3 Å². The number of aliphatic hydroxyl groups is 1. The van der Waals surface area contributed by atoms with Crippen LogP contribution in [-0.2, 0) is 4.74 Å². The van der Waals surface area contributed by atoms with Crippen molar-refractivity contribution in [2.75, 3.05) is 0 Å². The summed E-state index contributed by atoms with van der Waals surface area (Å²) in [5.41, 5.74) is 0.470. The fourth-order valence-corrected chi connectivity index (χ4v) is 5.46. The molecule has 0 spiro atoms. The van der Waals surface area contributed by atoms with E-state index in [1.54, 1.807) is 24.3 Å². The van der Waals surface area contributed by atoms with Crippen molar-refractivity contribution in [1.82, 2.24) is 0 Å². The molecule has 0 unspecified atom stereocenters. The summed E-state index contributed by atoms with van der Waals surface area (Å²) in [5, 5.41) is 10.3. The minimum Gasteiger partial charge on any atom is -0.455 e. The van der Waals surface area contributed by atoms with Crippen LogP contribution in [0, 0.1) is 0 Å². The lowest BCUT2D eigenvalue weighted by molar-refractivity contribution is -0.0257. The molecular formula is C13H12Br4O3. The molecular weight excluding hydrogens is 524 g/mol. The summed E-state index contributed by atoms with van der Waals surface area (Å²) in [6.07, 6.45) is -1.43. The molecule has 20 heavy (non-hydrogen) atoms. The van der Waals surface area contributed by atoms with Gasteiger partial charge in [-0.3, -0.25) is 0 Å². The topological polar surface area (TPSA) is 46.5 Å². The normalized spacial score (nSPS) is 37.5. The second kappa shape index (κ2) is 7.22. The van der Waals surface area contributed by atoms with Gasteiger partial charge in [0, 0.05) is 9.65 Å². The Kier molecular flexibility index (Phi) is 6.11. The molecule has 0 saturated heterocycles.